The molecule has 9 heteroatoms. The highest BCUT2D eigenvalue weighted by molar-refractivity contribution is 5.83. The molecule has 1 unspecified atom stereocenters. The summed E-state index contributed by atoms with van der Waals surface area (Å²) in [6, 6.07) is 14.1. The molecule has 1 N–H and O–H groups in total. The highest BCUT2D eigenvalue weighted by Crippen LogP contribution is 2.23. The predicted molar refractivity (Wildman–Crippen MR) is 137 cm³/mol. The summed E-state index contributed by atoms with van der Waals surface area (Å²) in [6.45, 7) is 7.00. The van der Waals surface area contributed by atoms with Crippen molar-refractivity contribution < 1.29 is 9.47 Å². The Balaban J connectivity index is 1.46. The van der Waals surface area contributed by atoms with Crippen LogP contribution in [0.15, 0.2) is 47.3 Å². The number of aryl methyl sites for hydroxylation is 2. The fourth-order valence-electron chi connectivity index (χ4n) is 4.98. The molecular formula is C27H32N6O3. The molecule has 0 bridgehead atoms. The number of para-hydroxylation sites is 1. The third kappa shape index (κ3) is 5.32. The third-order valence-corrected chi connectivity index (χ3v) is 6.74. The zero-order chi connectivity index (χ0) is 25.1. The van der Waals surface area contributed by atoms with Gasteiger partial charge >= 0.3 is 0 Å². The molecule has 1 atom stereocenters. The van der Waals surface area contributed by atoms with Crippen molar-refractivity contribution in [3.05, 3.63) is 80.9 Å². The van der Waals surface area contributed by atoms with E-state index in [0.717, 1.165) is 58.6 Å². The average Bonchev–Trinajstić information content (AvgIpc) is 3.53. The Labute approximate surface area is 210 Å². The molecule has 0 radical (unpaired) electrons. The predicted octanol–water partition coefficient (Wildman–Crippen LogP) is 3.52. The molecule has 3 heterocycles. The number of ether oxygens (including phenoxy) is 2. The molecule has 188 valence electrons. The van der Waals surface area contributed by atoms with Gasteiger partial charge in [-0.2, -0.15) is 0 Å². The quantitative estimate of drug-likeness (QED) is 0.385. The number of H-pyrrole nitrogens is 1. The first-order valence-electron chi connectivity index (χ1n) is 12.3. The van der Waals surface area contributed by atoms with E-state index in [0.29, 0.717) is 31.7 Å². The minimum Gasteiger partial charge on any atom is -0.496 e. The van der Waals surface area contributed by atoms with E-state index in [1.165, 1.54) is 0 Å². The normalized spacial score (nSPS) is 15.7. The van der Waals surface area contributed by atoms with E-state index >= 15 is 0 Å². The number of tetrazole rings is 1. The molecule has 1 fully saturated rings. The average molecular weight is 489 g/mol. The van der Waals surface area contributed by atoms with Crippen molar-refractivity contribution in [1.29, 1.82) is 0 Å². The molecule has 1 aliphatic rings. The highest BCUT2D eigenvalue weighted by atomic mass is 16.5. The Morgan fingerprint density at radius 1 is 1.14 bits per heavy atom. The number of benzene rings is 2. The Morgan fingerprint density at radius 2 is 1.97 bits per heavy atom. The van der Waals surface area contributed by atoms with E-state index in [2.05, 4.69) is 38.4 Å². The summed E-state index contributed by atoms with van der Waals surface area (Å²) in [5.74, 6) is 1.55. The van der Waals surface area contributed by atoms with Crippen molar-refractivity contribution in [3.8, 4) is 5.75 Å². The van der Waals surface area contributed by atoms with Crippen molar-refractivity contribution in [1.82, 2.24) is 30.1 Å². The summed E-state index contributed by atoms with van der Waals surface area (Å²) in [5.41, 5.74) is 4.76. The van der Waals surface area contributed by atoms with Crippen molar-refractivity contribution >= 4 is 10.9 Å². The smallest absolute Gasteiger partial charge is 0.252 e. The van der Waals surface area contributed by atoms with Crippen LogP contribution in [0.5, 0.6) is 5.75 Å². The minimum atomic E-state index is -0.0866. The van der Waals surface area contributed by atoms with Gasteiger partial charge in [-0.3, -0.25) is 9.69 Å². The van der Waals surface area contributed by atoms with Crippen LogP contribution in [-0.4, -0.2) is 49.9 Å². The van der Waals surface area contributed by atoms with Crippen LogP contribution in [-0.2, 0) is 30.9 Å². The number of nitrogens with zero attached hydrogens (tertiary/aromatic N) is 5. The fraction of sp³-hybridized carbons (Fsp3) is 0.407. The molecule has 0 aliphatic carbocycles. The molecule has 1 aliphatic heterocycles. The van der Waals surface area contributed by atoms with Crippen LogP contribution in [0.3, 0.4) is 0 Å². The molecule has 5 rings (SSSR count). The molecule has 0 amide bonds. The summed E-state index contributed by atoms with van der Waals surface area (Å²) >= 11 is 0. The number of methoxy groups -OCH3 is 1. The fourth-order valence-corrected chi connectivity index (χ4v) is 4.98. The van der Waals surface area contributed by atoms with E-state index in [9.17, 15) is 4.79 Å². The molecule has 2 aromatic carbocycles. The lowest BCUT2D eigenvalue weighted by Gasteiger charge is -2.23. The van der Waals surface area contributed by atoms with Crippen LogP contribution in [0.1, 0.15) is 40.9 Å². The van der Waals surface area contributed by atoms with Gasteiger partial charge in [-0.25, -0.2) is 4.68 Å². The molecule has 2 aromatic heterocycles. The number of rotatable bonds is 9. The summed E-state index contributed by atoms with van der Waals surface area (Å²) < 4.78 is 13.2. The summed E-state index contributed by atoms with van der Waals surface area (Å²) in [6.07, 6.45) is 2.20. The SMILES string of the molecule is COc1ccccc1CN(Cc1cc2c(C)cc(C)cc2[nH]c1=O)Cc1nnnn1CC1CCCO1. The van der Waals surface area contributed by atoms with Crippen LogP contribution in [0.2, 0.25) is 0 Å². The van der Waals surface area contributed by atoms with Gasteiger partial charge in [0, 0.05) is 41.7 Å². The zero-order valence-electron chi connectivity index (χ0n) is 21.0. The van der Waals surface area contributed by atoms with Gasteiger partial charge in [0.1, 0.15) is 5.75 Å². The number of hydrogen-bond acceptors (Lipinski definition) is 7. The maximum Gasteiger partial charge on any atom is 0.252 e. The Hall–Kier alpha value is -3.56. The lowest BCUT2D eigenvalue weighted by Crippen LogP contribution is -2.29. The van der Waals surface area contributed by atoms with E-state index in [4.69, 9.17) is 9.47 Å². The maximum atomic E-state index is 13.1. The van der Waals surface area contributed by atoms with E-state index < -0.39 is 0 Å². The third-order valence-electron chi connectivity index (χ3n) is 6.74. The molecule has 36 heavy (non-hydrogen) atoms. The number of aromatic amines is 1. The monoisotopic (exact) mass is 488 g/mol. The second-order valence-corrected chi connectivity index (χ2v) is 9.54. The molecule has 0 spiro atoms. The number of fused-ring (bicyclic) bond motifs is 1. The maximum absolute atomic E-state index is 13.1. The largest absolute Gasteiger partial charge is 0.496 e. The van der Waals surface area contributed by atoms with Crippen molar-refractivity contribution in [2.24, 2.45) is 0 Å². The zero-order valence-corrected chi connectivity index (χ0v) is 21.0. The van der Waals surface area contributed by atoms with Gasteiger partial charge < -0.3 is 14.5 Å². The Bertz CT molecular complexity index is 1410. The topological polar surface area (TPSA) is 98.2 Å². The van der Waals surface area contributed by atoms with Crippen LogP contribution >= 0.6 is 0 Å². The first-order valence-corrected chi connectivity index (χ1v) is 12.3. The van der Waals surface area contributed by atoms with Gasteiger partial charge in [-0.15, -0.1) is 5.10 Å². The lowest BCUT2D eigenvalue weighted by molar-refractivity contribution is 0.0914. The van der Waals surface area contributed by atoms with E-state index in [-0.39, 0.29) is 11.7 Å². The first kappa shape index (κ1) is 24.1. The van der Waals surface area contributed by atoms with Gasteiger partial charge in [0.2, 0.25) is 0 Å². The van der Waals surface area contributed by atoms with Crippen molar-refractivity contribution in [2.75, 3.05) is 13.7 Å². The Morgan fingerprint density at radius 3 is 2.78 bits per heavy atom. The van der Waals surface area contributed by atoms with Crippen molar-refractivity contribution in [2.45, 2.75) is 59.0 Å². The van der Waals surface area contributed by atoms with Crippen LogP contribution < -0.4 is 10.3 Å². The van der Waals surface area contributed by atoms with E-state index in [1.807, 2.05) is 48.0 Å². The number of nitrogens with one attached hydrogen (secondary N) is 1. The van der Waals surface area contributed by atoms with Crippen LogP contribution in [0, 0.1) is 13.8 Å². The highest BCUT2D eigenvalue weighted by Gasteiger charge is 2.21. The summed E-state index contributed by atoms with van der Waals surface area (Å²) in [5, 5.41) is 13.5. The van der Waals surface area contributed by atoms with Crippen molar-refractivity contribution in [3.63, 3.8) is 0 Å². The number of pyridine rings is 1. The summed E-state index contributed by atoms with van der Waals surface area (Å²) in [4.78, 5) is 18.4. The molecule has 1 saturated heterocycles. The minimum absolute atomic E-state index is 0.0866. The van der Waals surface area contributed by atoms with Gasteiger partial charge in [0.05, 0.1) is 26.3 Å². The first-order chi connectivity index (χ1) is 17.5. The Kier molecular flexibility index (Phi) is 7.11. The van der Waals surface area contributed by atoms with Gasteiger partial charge in [-0.1, -0.05) is 24.3 Å². The molecule has 4 aromatic rings. The number of aromatic nitrogens is 5. The number of hydrogen-bond donors (Lipinski definition) is 1. The summed E-state index contributed by atoms with van der Waals surface area (Å²) in [7, 11) is 1.67. The lowest BCUT2D eigenvalue weighted by atomic mass is 10.0. The van der Waals surface area contributed by atoms with Crippen LogP contribution in [0.4, 0.5) is 0 Å². The van der Waals surface area contributed by atoms with Crippen LogP contribution in [0.25, 0.3) is 10.9 Å². The molecular weight excluding hydrogens is 456 g/mol. The second-order valence-electron chi connectivity index (χ2n) is 9.54. The van der Waals surface area contributed by atoms with Gasteiger partial charge in [0.25, 0.3) is 5.56 Å². The molecule has 9 nitrogen and oxygen atoms in total. The van der Waals surface area contributed by atoms with Gasteiger partial charge in [0.15, 0.2) is 5.82 Å². The standard InChI is InChI=1S/C27H32N6O3/c1-18-11-19(2)23-13-21(27(34)28-24(23)12-18)15-32(14-20-7-4-5-9-25(20)35-3)17-26-29-30-31-33(26)16-22-8-6-10-36-22/h4-5,7,9,11-13,22H,6,8,10,14-17H2,1-3H3,(H,28,34). The van der Waals surface area contributed by atoms with Gasteiger partial charge in [-0.05, 0) is 66.4 Å². The van der Waals surface area contributed by atoms with E-state index in [1.54, 1.807) is 7.11 Å². The molecule has 0 saturated carbocycles. The second kappa shape index (κ2) is 10.6.